The summed E-state index contributed by atoms with van der Waals surface area (Å²) in [6.45, 7) is 0.850. The second-order valence-corrected chi connectivity index (χ2v) is 15.5. The van der Waals surface area contributed by atoms with Crippen LogP contribution in [0.25, 0.3) is 11.0 Å². The predicted molar refractivity (Wildman–Crippen MR) is 173 cm³/mol. The Labute approximate surface area is 275 Å². The van der Waals surface area contributed by atoms with E-state index >= 15 is 0 Å². The number of hydrogen-bond acceptors (Lipinski definition) is 8. The van der Waals surface area contributed by atoms with Gasteiger partial charge in [0.15, 0.2) is 11.5 Å². The first kappa shape index (κ1) is 34.0. The number of rotatable bonds is 10. The van der Waals surface area contributed by atoms with Crippen LogP contribution in [0.1, 0.15) is 80.3 Å². The van der Waals surface area contributed by atoms with Gasteiger partial charge < -0.3 is 19.8 Å². The zero-order chi connectivity index (χ0) is 33.1. The number of fused-ring (bicyclic) bond motifs is 1. The summed E-state index contributed by atoms with van der Waals surface area (Å²) in [6.07, 6.45) is 9.40. The van der Waals surface area contributed by atoms with Gasteiger partial charge in [-0.3, -0.25) is 14.4 Å². The highest BCUT2D eigenvalue weighted by molar-refractivity contribution is 7.87. The van der Waals surface area contributed by atoms with Gasteiger partial charge in [-0.05, 0) is 73.6 Å². The largest absolute Gasteiger partial charge is 0.451 e. The van der Waals surface area contributed by atoms with Crippen molar-refractivity contribution in [2.45, 2.75) is 82.7 Å². The Hall–Kier alpha value is -2.87. The van der Waals surface area contributed by atoms with E-state index in [1.54, 1.807) is 18.2 Å². The Morgan fingerprint density at radius 2 is 1.68 bits per heavy atom. The minimum atomic E-state index is -4.05. The maximum absolute atomic E-state index is 14.2. The lowest BCUT2D eigenvalue weighted by atomic mass is 9.75. The number of alkyl halides is 1. The molecule has 0 spiro atoms. The molecule has 3 atom stereocenters. The van der Waals surface area contributed by atoms with Crippen molar-refractivity contribution < 1.29 is 36.3 Å². The average Bonchev–Trinajstić information content (AvgIpc) is 3.73. The number of nitrogens with zero attached hydrogens (tertiary/aromatic N) is 2. The molecule has 3 N–H and O–H groups in total. The van der Waals surface area contributed by atoms with Crippen LogP contribution in [-0.4, -0.2) is 86.8 Å². The number of amides is 2. The van der Waals surface area contributed by atoms with E-state index in [1.165, 1.54) is 12.5 Å². The van der Waals surface area contributed by atoms with Crippen molar-refractivity contribution >= 4 is 38.8 Å². The van der Waals surface area contributed by atoms with Gasteiger partial charge in [-0.1, -0.05) is 38.2 Å². The second kappa shape index (κ2) is 14.7. The van der Waals surface area contributed by atoms with Crippen LogP contribution in [0.5, 0.6) is 0 Å². The van der Waals surface area contributed by atoms with Crippen molar-refractivity contribution in [2.24, 2.45) is 29.4 Å². The number of ether oxygens (including phenoxy) is 1. The van der Waals surface area contributed by atoms with Crippen LogP contribution in [0, 0.1) is 23.7 Å². The fraction of sp³-hybridized carbons (Fsp3) is 0.676. The summed E-state index contributed by atoms with van der Waals surface area (Å²) in [6, 6.07) is 5.77. The lowest BCUT2D eigenvalue weighted by Gasteiger charge is -2.37. The molecule has 6 rings (SSSR count). The topological polar surface area (TPSA) is 152 Å². The third-order valence-corrected chi connectivity index (χ3v) is 12.4. The van der Waals surface area contributed by atoms with E-state index in [1.807, 2.05) is 4.90 Å². The summed E-state index contributed by atoms with van der Waals surface area (Å²) < 4.78 is 52.6. The molecule has 3 heterocycles. The van der Waals surface area contributed by atoms with Gasteiger partial charge in [0.1, 0.15) is 12.3 Å². The number of Topliss-reactive ketones (excluding diaryl/α,β-unsaturated/α-hetero) is 1. The summed E-state index contributed by atoms with van der Waals surface area (Å²) in [5.74, 6) is -0.497. The highest BCUT2D eigenvalue weighted by Crippen LogP contribution is 2.41. The zero-order valence-electron chi connectivity index (χ0n) is 26.9. The molecule has 11 nitrogen and oxygen atoms in total. The van der Waals surface area contributed by atoms with Gasteiger partial charge in [-0.15, -0.1) is 0 Å². The Morgan fingerprint density at radius 3 is 2.38 bits per heavy atom. The molecule has 47 heavy (non-hydrogen) atoms. The highest BCUT2D eigenvalue weighted by atomic mass is 32.2. The lowest BCUT2D eigenvalue weighted by Crippen LogP contribution is -2.48. The van der Waals surface area contributed by atoms with Crippen LogP contribution < -0.4 is 10.5 Å². The highest BCUT2D eigenvalue weighted by Gasteiger charge is 2.46. The molecule has 2 aliphatic carbocycles. The first-order chi connectivity index (χ1) is 22.6. The molecule has 2 aliphatic heterocycles. The molecule has 2 amide bonds. The SMILES string of the molecule is N[C@H](CF)C1CCC(C(=O)N2CC[C@@H](C3CCCCC3)[C@H]2C(=O)Cc2ccc3oc(C(=O)NS(=O)(=O)N4CCOCC4)cc3c2)CC1. The number of halogens is 1. The van der Waals surface area contributed by atoms with E-state index in [-0.39, 0.29) is 67.9 Å². The number of carbonyl (C=O) groups is 3. The van der Waals surface area contributed by atoms with E-state index in [9.17, 15) is 27.2 Å². The van der Waals surface area contributed by atoms with Crippen LogP contribution in [0.3, 0.4) is 0 Å². The molecule has 4 fully saturated rings. The fourth-order valence-electron chi connectivity index (χ4n) is 8.33. The molecule has 1 aromatic heterocycles. The summed E-state index contributed by atoms with van der Waals surface area (Å²) in [5, 5.41) is 0.579. The molecular formula is C34H47FN4O7S. The van der Waals surface area contributed by atoms with E-state index in [0.717, 1.165) is 54.8 Å². The van der Waals surface area contributed by atoms with Crippen molar-refractivity contribution in [3.8, 4) is 0 Å². The van der Waals surface area contributed by atoms with Crippen LogP contribution in [0.4, 0.5) is 4.39 Å². The molecule has 1 aromatic carbocycles. The van der Waals surface area contributed by atoms with Gasteiger partial charge in [0.05, 0.1) is 19.3 Å². The Bertz CT molecular complexity index is 1540. The zero-order valence-corrected chi connectivity index (χ0v) is 27.7. The van der Waals surface area contributed by atoms with Gasteiger partial charge in [0.25, 0.3) is 0 Å². The van der Waals surface area contributed by atoms with Crippen LogP contribution in [0.15, 0.2) is 28.7 Å². The van der Waals surface area contributed by atoms with E-state index in [4.69, 9.17) is 14.9 Å². The Morgan fingerprint density at radius 1 is 0.957 bits per heavy atom. The first-order valence-electron chi connectivity index (χ1n) is 17.2. The number of hydrogen-bond donors (Lipinski definition) is 2. The third kappa shape index (κ3) is 7.58. The van der Waals surface area contributed by atoms with Crippen molar-refractivity contribution in [3.05, 3.63) is 35.6 Å². The molecule has 0 radical (unpaired) electrons. The molecule has 0 unspecified atom stereocenters. The standard InChI is InChI=1S/C34H47FN4O7S/c35-21-28(36)24-7-9-25(10-8-24)34(42)39-13-12-27(23-4-2-1-3-5-23)32(39)29(40)19-22-6-11-30-26(18-22)20-31(46-30)33(41)37-47(43,44)38-14-16-45-17-15-38/h6,11,18,20,23-25,27-28,32H,1-5,7-10,12-17,19,21,36H2,(H,37,41)/t24?,25?,27-,28+,32-/m0/s1. The molecule has 2 saturated heterocycles. The minimum Gasteiger partial charge on any atom is -0.451 e. The minimum absolute atomic E-state index is 0.0111. The average molecular weight is 675 g/mol. The van der Waals surface area contributed by atoms with Gasteiger partial charge in [0.2, 0.25) is 5.91 Å². The van der Waals surface area contributed by atoms with E-state index < -0.39 is 34.9 Å². The third-order valence-electron chi connectivity index (χ3n) is 10.9. The van der Waals surface area contributed by atoms with Gasteiger partial charge in [0, 0.05) is 43.4 Å². The number of nitrogens with two attached hydrogens (primary N) is 1. The Kier molecular flexibility index (Phi) is 10.6. The number of carbonyl (C=O) groups excluding carboxylic acids is 3. The second-order valence-electron chi connectivity index (χ2n) is 13.8. The lowest BCUT2D eigenvalue weighted by molar-refractivity contribution is -0.143. The maximum atomic E-state index is 14.2. The number of benzene rings is 1. The quantitative estimate of drug-likeness (QED) is 0.387. The first-order valence-corrected chi connectivity index (χ1v) is 18.7. The maximum Gasteiger partial charge on any atom is 0.304 e. The summed E-state index contributed by atoms with van der Waals surface area (Å²) >= 11 is 0. The van der Waals surface area contributed by atoms with Gasteiger partial charge in [-0.25, -0.2) is 9.11 Å². The normalized spacial score (nSPS) is 27.1. The molecule has 4 aliphatic rings. The Balaban J connectivity index is 1.16. The fourth-order valence-corrected chi connectivity index (χ4v) is 9.42. The molecular weight excluding hydrogens is 627 g/mol. The summed E-state index contributed by atoms with van der Waals surface area (Å²) in [5.41, 5.74) is 7.09. The molecule has 13 heteroatoms. The number of furan rings is 1. The van der Waals surface area contributed by atoms with Crippen LogP contribution in [0.2, 0.25) is 0 Å². The molecule has 2 saturated carbocycles. The number of morpholine rings is 1. The van der Waals surface area contributed by atoms with Crippen molar-refractivity contribution in [3.63, 3.8) is 0 Å². The van der Waals surface area contributed by atoms with Crippen molar-refractivity contribution in [1.29, 1.82) is 0 Å². The van der Waals surface area contributed by atoms with Crippen LogP contribution >= 0.6 is 0 Å². The van der Waals surface area contributed by atoms with Crippen LogP contribution in [-0.2, 0) is 31.0 Å². The van der Waals surface area contributed by atoms with Gasteiger partial charge in [-0.2, -0.15) is 12.7 Å². The van der Waals surface area contributed by atoms with Crippen molar-refractivity contribution in [2.75, 3.05) is 39.5 Å². The molecule has 2 aromatic rings. The number of likely N-dealkylation sites (tertiary alicyclic amines) is 1. The van der Waals surface area contributed by atoms with E-state index in [2.05, 4.69) is 4.72 Å². The van der Waals surface area contributed by atoms with Crippen molar-refractivity contribution in [1.82, 2.24) is 13.9 Å². The number of ketones is 1. The van der Waals surface area contributed by atoms with Gasteiger partial charge >= 0.3 is 16.1 Å². The summed E-state index contributed by atoms with van der Waals surface area (Å²) in [4.78, 5) is 42.8. The number of nitrogens with one attached hydrogen (secondary N) is 1. The monoisotopic (exact) mass is 674 g/mol. The smallest absolute Gasteiger partial charge is 0.304 e. The molecule has 258 valence electrons. The molecule has 0 bridgehead atoms. The van der Waals surface area contributed by atoms with E-state index in [0.29, 0.717) is 36.3 Å². The predicted octanol–water partition coefficient (Wildman–Crippen LogP) is 3.75. The summed E-state index contributed by atoms with van der Waals surface area (Å²) in [7, 11) is -4.05.